The fourth-order valence-electron chi connectivity index (χ4n) is 2.64. The van der Waals surface area contributed by atoms with Gasteiger partial charge in [0.15, 0.2) is 0 Å². The normalized spacial score (nSPS) is 19.2. The van der Waals surface area contributed by atoms with Gasteiger partial charge in [0, 0.05) is 5.56 Å². The average Bonchev–Trinajstić information content (AvgIpc) is 2.95. The summed E-state index contributed by atoms with van der Waals surface area (Å²) in [7, 11) is 0. The van der Waals surface area contributed by atoms with Gasteiger partial charge in [-0.05, 0) is 56.5 Å². The highest BCUT2D eigenvalue weighted by Gasteiger charge is 2.21. The molecule has 2 heterocycles. The van der Waals surface area contributed by atoms with E-state index in [1.807, 2.05) is 26.0 Å². The second-order valence-corrected chi connectivity index (χ2v) is 5.42. The molecule has 0 saturated carbocycles. The monoisotopic (exact) mass is 273 g/mol. The summed E-state index contributed by atoms with van der Waals surface area (Å²) < 4.78 is 5.38. The average molecular weight is 273 g/mol. The van der Waals surface area contributed by atoms with Crippen LogP contribution in [0.2, 0.25) is 0 Å². The first-order chi connectivity index (χ1) is 9.65. The molecule has 5 heteroatoms. The van der Waals surface area contributed by atoms with Crippen molar-refractivity contribution in [2.75, 3.05) is 6.54 Å². The van der Waals surface area contributed by atoms with E-state index in [1.165, 1.54) is 12.8 Å². The van der Waals surface area contributed by atoms with E-state index in [0.717, 1.165) is 29.7 Å². The molecule has 1 aliphatic rings. The minimum atomic E-state index is 0.171. The van der Waals surface area contributed by atoms with E-state index in [9.17, 15) is 5.11 Å². The zero-order valence-electron chi connectivity index (χ0n) is 11.8. The van der Waals surface area contributed by atoms with Crippen LogP contribution in [0.3, 0.4) is 0 Å². The van der Waals surface area contributed by atoms with Crippen molar-refractivity contribution in [1.82, 2.24) is 15.5 Å². The number of hydrogen-bond acceptors (Lipinski definition) is 5. The van der Waals surface area contributed by atoms with Crippen molar-refractivity contribution in [3.63, 3.8) is 0 Å². The van der Waals surface area contributed by atoms with E-state index >= 15 is 0 Å². The lowest BCUT2D eigenvalue weighted by atomic mass is 10.0. The standard InChI is InChI=1S/C15H19N3O2/c1-9-7-11(8-10(2)13(9)19)14-17-15(20-18-14)12-5-3-4-6-16-12/h7-8,12,16,19H,3-6H2,1-2H3/t12-/m1/s1. The van der Waals surface area contributed by atoms with Crippen molar-refractivity contribution in [3.05, 3.63) is 29.2 Å². The number of rotatable bonds is 2. The van der Waals surface area contributed by atoms with Crippen LogP contribution in [0.15, 0.2) is 16.7 Å². The van der Waals surface area contributed by atoms with E-state index in [4.69, 9.17) is 4.52 Å². The Bertz CT molecular complexity index is 592. The Labute approximate surface area is 118 Å². The number of hydrogen-bond donors (Lipinski definition) is 2. The van der Waals surface area contributed by atoms with Crippen molar-refractivity contribution < 1.29 is 9.63 Å². The summed E-state index contributed by atoms with van der Waals surface area (Å²) in [6, 6.07) is 3.93. The van der Waals surface area contributed by atoms with Gasteiger partial charge in [0.2, 0.25) is 11.7 Å². The van der Waals surface area contributed by atoms with Gasteiger partial charge in [-0.2, -0.15) is 4.98 Å². The Morgan fingerprint density at radius 3 is 2.65 bits per heavy atom. The number of benzene rings is 1. The highest BCUT2D eigenvalue weighted by Crippen LogP contribution is 2.29. The van der Waals surface area contributed by atoms with Crippen molar-refractivity contribution >= 4 is 0 Å². The number of phenols is 1. The maximum atomic E-state index is 9.81. The molecule has 5 nitrogen and oxygen atoms in total. The molecule has 0 aliphatic carbocycles. The fraction of sp³-hybridized carbons (Fsp3) is 0.467. The van der Waals surface area contributed by atoms with Gasteiger partial charge in [-0.15, -0.1) is 0 Å². The molecule has 0 unspecified atom stereocenters. The summed E-state index contributed by atoms with van der Waals surface area (Å²) in [6.07, 6.45) is 3.43. The molecule has 1 aliphatic heterocycles. The number of piperidine rings is 1. The molecule has 1 fully saturated rings. The maximum absolute atomic E-state index is 9.81. The van der Waals surface area contributed by atoms with Gasteiger partial charge in [0.25, 0.3) is 0 Å². The number of nitrogens with one attached hydrogen (secondary N) is 1. The molecule has 106 valence electrons. The number of nitrogens with zero attached hydrogens (tertiary/aromatic N) is 2. The first kappa shape index (κ1) is 13.1. The lowest BCUT2D eigenvalue weighted by Gasteiger charge is -2.19. The molecule has 1 aromatic heterocycles. The third-order valence-corrected chi connectivity index (χ3v) is 3.80. The van der Waals surface area contributed by atoms with Crippen LogP contribution in [0.5, 0.6) is 5.75 Å². The van der Waals surface area contributed by atoms with E-state index in [2.05, 4.69) is 15.5 Å². The molecule has 1 aromatic carbocycles. The van der Waals surface area contributed by atoms with Gasteiger partial charge in [-0.1, -0.05) is 11.6 Å². The molecule has 20 heavy (non-hydrogen) atoms. The molecule has 2 N–H and O–H groups in total. The molecule has 0 amide bonds. The van der Waals surface area contributed by atoms with Gasteiger partial charge in [0.05, 0.1) is 6.04 Å². The maximum Gasteiger partial charge on any atom is 0.244 e. The summed E-state index contributed by atoms with van der Waals surface area (Å²) >= 11 is 0. The van der Waals surface area contributed by atoms with Crippen LogP contribution in [0.4, 0.5) is 0 Å². The predicted molar refractivity (Wildman–Crippen MR) is 75.5 cm³/mol. The Balaban J connectivity index is 1.89. The Kier molecular flexibility index (Phi) is 3.44. The van der Waals surface area contributed by atoms with Gasteiger partial charge in [-0.25, -0.2) is 0 Å². The molecule has 0 bridgehead atoms. The van der Waals surface area contributed by atoms with Crippen LogP contribution < -0.4 is 5.32 Å². The van der Waals surface area contributed by atoms with Crippen molar-refractivity contribution in [2.45, 2.75) is 39.2 Å². The highest BCUT2D eigenvalue weighted by atomic mass is 16.5. The first-order valence-corrected chi connectivity index (χ1v) is 7.02. The molecule has 0 radical (unpaired) electrons. The van der Waals surface area contributed by atoms with Crippen molar-refractivity contribution in [1.29, 1.82) is 0 Å². The molecule has 3 rings (SSSR count). The van der Waals surface area contributed by atoms with Gasteiger partial charge < -0.3 is 14.9 Å². The number of aromatic nitrogens is 2. The van der Waals surface area contributed by atoms with Crippen LogP contribution in [0.25, 0.3) is 11.4 Å². The second-order valence-electron chi connectivity index (χ2n) is 5.42. The van der Waals surface area contributed by atoms with E-state index in [1.54, 1.807) is 0 Å². The smallest absolute Gasteiger partial charge is 0.244 e. The Morgan fingerprint density at radius 1 is 1.25 bits per heavy atom. The van der Waals surface area contributed by atoms with Crippen LogP contribution in [-0.4, -0.2) is 21.8 Å². The predicted octanol–water partition coefficient (Wildman–Crippen LogP) is 2.87. The summed E-state index contributed by atoms with van der Waals surface area (Å²) in [5.41, 5.74) is 2.52. The molecular weight excluding hydrogens is 254 g/mol. The Hall–Kier alpha value is -1.88. The number of aromatic hydroxyl groups is 1. The zero-order valence-corrected chi connectivity index (χ0v) is 11.8. The SMILES string of the molecule is Cc1cc(-c2noc([C@H]3CCCCN3)n2)cc(C)c1O. The van der Waals surface area contributed by atoms with Crippen LogP contribution in [-0.2, 0) is 0 Å². The summed E-state index contributed by atoms with van der Waals surface area (Å²) in [4.78, 5) is 4.49. The number of phenolic OH excluding ortho intramolecular Hbond substituents is 1. The quantitative estimate of drug-likeness (QED) is 0.880. The van der Waals surface area contributed by atoms with Gasteiger partial charge in [0.1, 0.15) is 5.75 Å². The van der Waals surface area contributed by atoms with E-state index < -0.39 is 0 Å². The third-order valence-electron chi connectivity index (χ3n) is 3.80. The van der Waals surface area contributed by atoms with Crippen molar-refractivity contribution in [3.8, 4) is 17.1 Å². The summed E-state index contributed by atoms with van der Waals surface area (Å²) in [5, 5.41) is 17.3. The summed E-state index contributed by atoms with van der Waals surface area (Å²) in [6.45, 7) is 4.74. The van der Waals surface area contributed by atoms with Crippen LogP contribution >= 0.6 is 0 Å². The lowest BCUT2D eigenvalue weighted by Crippen LogP contribution is -2.26. The third kappa shape index (κ3) is 2.41. The lowest BCUT2D eigenvalue weighted by molar-refractivity contribution is 0.297. The first-order valence-electron chi connectivity index (χ1n) is 7.02. The molecule has 0 spiro atoms. The van der Waals surface area contributed by atoms with Gasteiger partial charge in [-0.3, -0.25) is 0 Å². The topological polar surface area (TPSA) is 71.2 Å². The van der Waals surface area contributed by atoms with E-state index in [-0.39, 0.29) is 6.04 Å². The minimum Gasteiger partial charge on any atom is -0.507 e. The minimum absolute atomic E-state index is 0.171. The van der Waals surface area contributed by atoms with Crippen LogP contribution in [0.1, 0.15) is 42.3 Å². The van der Waals surface area contributed by atoms with Gasteiger partial charge >= 0.3 is 0 Å². The zero-order chi connectivity index (χ0) is 14.1. The highest BCUT2D eigenvalue weighted by molar-refractivity contribution is 5.60. The second kappa shape index (κ2) is 5.25. The largest absolute Gasteiger partial charge is 0.507 e. The molecule has 1 saturated heterocycles. The number of aryl methyl sites for hydroxylation is 2. The molecular formula is C15H19N3O2. The Morgan fingerprint density at radius 2 is 2.00 bits per heavy atom. The van der Waals surface area contributed by atoms with Crippen LogP contribution in [0, 0.1) is 13.8 Å². The molecule has 2 aromatic rings. The summed E-state index contributed by atoms with van der Waals surface area (Å²) in [5.74, 6) is 1.56. The molecule has 1 atom stereocenters. The van der Waals surface area contributed by atoms with E-state index in [0.29, 0.717) is 17.5 Å². The fourth-order valence-corrected chi connectivity index (χ4v) is 2.64. The van der Waals surface area contributed by atoms with Crippen molar-refractivity contribution in [2.24, 2.45) is 0 Å².